The van der Waals surface area contributed by atoms with Gasteiger partial charge in [0.1, 0.15) is 11.3 Å². The number of carbonyl (C=O) groups is 1. The van der Waals surface area contributed by atoms with Crippen molar-refractivity contribution in [1.82, 2.24) is 0 Å². The molecule has 0 aliphatic rings. The molecule has 0 unspecified atom stereocenters. The van der Waals surface area contributed by atoms with Gasteiger partial charge in [-0.15, -0.1) is 11.8 Å². The smallest absolute Gasteiger partial charge is 0.336 e. The monoisotopic (exact) mass is 399 g/mol. The molecule has 0 saturated carbocycles. The van der Waals surface area contributed by atoms with Crippen molar-refractivity contribution in [3.63, 3.8) is 0 Å². The van der Waals surface area contributed by atoms with Crippen LogP contribution in [0.5, 0.6) is 5.75 Å². The maximum absolute atomic E-state index is 12.3. The Bertz CT molecular complexity index is 1100. The van der Waals surface area contributed by atoms with Crippen molar-refractivity contribution < 1.29 is 18.9 Å². The number of non-ortho nitro benzene ring substituents is 1. The van der Waals surface area contributed by atoms with E-state index in [-0.39, 0.29) is 11.4 Å². The molecule has 0 aliphatic heterocycles. The summed E-state index contributed by atoms with van der Waals surface area (Å²) >= 11 is 1.22. The van der Waals surface area contributed by atoms with Gasteiger partial charge in [0.2, 0.25) is 0 Å². The first-order valence-electron chi connectivity index (χ1n) is 8.52. The third kappa shape index (κ3) is 4.40. The predicted octanol–water partition coefficient (Wildman–Crippen LogP) is 4.27. The molecule has 0 fully saturated rings. The predicted molar refractivity (Wildman–Crippen MR) is 106 cm³/mol. The average Bonchev–Trinajstić information content (AvgIpc) is 2.66. The summed E-state index contributed by atoms with van der Waals surface area (Å²) in [6.45, 7) is 3.77. The van der Waals surface area contributed by atoms with E-state index in [1.54, 1.807) is 18.2 Å². The third-order valence-corrected chi connectivity index (χ3v) is 5.13. The molecule has 0 amide bonds. The number of carbonyl (C=O) groups excluding carboxylic acids is 1. The van der Waals surface area contributed by atoms with E-state index in [1.807, 2.05) is 19.9 Å². The minimum atomic E-state index is -0.477. The first-order valence-corrected chi connectivity index (χ1v) is 9.51. The largest absolute Gasteiger partial charge is 0.425 e. The standard InChI is InChI=1S/C20H17NO6S/c1-3-13-9-16-12(2)8-19(22)27-18(16)10-17(13)26-20(23)11-28-15-6-4-14(5-7-15)21(24)25/h4-10H,3,11H2,1-2H3. The molecule has 0 bridgehead atoms. The lowest BCUT2D eigenvalue weighted by atomic mass is 10.1. The molecule has 1 aromatic heterocycles. The van der Waals surface area contributed by atoms with Crippen LogP contribution in [0.4, 0.5) is 5.69 Å². The molecule has 0 radical (unpaired) electrons. The highest BCUT2D eigenvalue weighted by molar-refractivity contribution is 8.00. The molecule has 8 heteroatoms. The van der Waals surface area contributed by atoms with Gasteiger partial charge in [-0.3, -0.25) is 14.9 Å². The topological polar surface area (TPSA) is 99.7 Å². The van der Waals surface area contributed by atoms with Gasteiger partial charge in [0.05, 0.1) is 10.7 Å². The van der Waals surface area contributed by atoms with Crippen LogP contribution in [-0.2, 0) is 11.2 Å². The number of fused-ring (bicyclic) bond motifs is 1. The molecule has 2 aromatic carbocycles. The Morgan fingerprint density at radius 1 is 1.21 bits per heavy atom. The van der Waals surface area contributed by atoms with Gasteiger partial charge >= 0.3 is 11.6 Å². The zero-order valence-corrected chi connectivity index (χ0v) is 16.1. The lowest BCUT2D eigenvalue weighted by Gasteiger charge is -2.11. The van der Waals surface area contributed by atoms with Gasteiger partial charge in [-0.25, -0.2) is 4.79 Å². The SMILES string of the molecule is CCc1cc2c(C)cc(=O)oc2cc1OC(=O)CSc1ccc([N+](=O)[O-])cc1. The van der Waals surface area contributed by atoms with E-state index in [9.17, 15) is 19.7 Å². The minimum Gasteiger partial charge on any atom is -0.425 e. The normalized spacial score (nSPS) is 10.8. The van der Waals surface area contributed by atoms with E-state index >= 15 is 0 Å². The number of aryl methyl sites for hydroxylation is 2. The number of hydrogen-bond acceptors (Lipinski definition) is 7. The van der Waals surface area contributed by atoms with E-state index < -0.39 is 16.5 Å². The number of benzene rings is 2. The highest BCUT2D eigenvalue weighted by atomic mass is 32.2. The van der Waals surface area contributed by atoms with Crippen LogP contribution in [0.1, 0.15) is 18.1 Å². The fourth-order valence-corrected chi connectivity index (χ4v) is 3.39. The van der Waals surface area contributed by atoms with Crippen LogP contribution < -0.4 is 10.4 Å². The fraction of sp³-hybridized carbons (Fsp3) is 0.200. The summed E-state index contributed by atoms with van der Waals surface area (Å²) in [6.07, 6.45) is 0.645. The van der Waals surface area contributed by atoms with E-state index in [1.165, 1.54) is 30.0 Å². The van der Waals surface area contributed by atoms with Crippen molar-refractivity contribution in [3.05, 3.63) is 74.1 Å². The van der Waals surface area contributed by atoms with Crippen LogP contribution in [0, 0.1) is 17.0 Å². The van der Waals surface area contributed by atoms with Gasteiger partial charge < -0.3 is 9.15 Å². The van der Waals surface area contributed by atoms with E-state index in [0.717, 1.165) is 21.4 Å². The highest BCUT2D eigenvalue weighted by Gasteiger charge is 2.14. The van der Waals surface area contributed by atoms with Crippen LogP contribution >= 0.6 is 11.8 Å². The summed E-state index contributed by atoms with van der Waals surface area (Å²) in [5.74, 6) is -0.0676. The number of rotatable bonds is 6. The van der Waals surface area contributed by atoms with Gasteiger partial charge in [0, 0.05) is 34.5 Å². The summed E-state index contributed by atoms with van der Waals surface area (Å²) in [6, 6.07) is 10.8. The molecule has 7 nitrogen and oxygen atoms in total. The fourth-order valence-electron chi connectivity index (χ4n) is 2.72. The van der Waals surface area contributed by atoms with Gasteiger partial charge in [0.25, 0.3) is 5.69 Å². The lowest BCUT2D eigenvalue weighted by Crippen LogP contribution is -2.12. The average molecular weight is 399 g/mol. The Kier molecular flexibility index (Phi) is 5.79. The second kappa shape index (κ2) is 8.26. The van der Waals surface area contributed by atoms with Crippen molar-refractivity contribution in [2.24, 2.45) is 0 Å². The van der Waals surface area contributed by atoms with Gasteiger partial charge in [-0.1, -0.05) is 6.92 Å². The first kappa shape index (κ1) is 19.6. The zero-order valence-electron chi connectivity index (χ0n) is 15.3. The van der Waals surface area contributed by atoms with Crippen LogP contribution in [0.25, 0.3) is 11.0 Å². The molecular weight excluding hydrogens is 382 g/mol. The molecule has 0 atom stereocenters. The third-order valence-electron chi connectivity index (χ3n) is 4.14. The number of nitrogens with zero attached hydrogens (tertiary/aromatic N) is 1. The zero-order chi connectivity index (χ0) is 20.3. The molecule has 28 heavy (non-hydrogen) atoms. The number of esters is 1. The van der Waals surface area contributed by atoms with Crippen LogP contribution in [0.2, 0.25) is 0 Å². The van der Waals surface area contributed by atoms with Crippen molar-refractivity contribution in [3.8, 4) is 5.75 Å². The molecule has 0 saturated heterocycles. The Balaban J connectivity index is 1.75. The Morgan fingerprint density at radius 2 is 1.93 bits per heavy atom. The van der Waals surface area contributed by atoms with Crippen molar-refractivity contribution in [1.29, 1.82) is 0 Å². The van der Waals surface area contributed by atoms with E-state index in [0.29, 0.717) is 17.8 Å². The second-order valence-electron chi connectivity index (χ2n) is 6.07. The van der Waals surface area contributed by atoms with Crippen LogP contribution in [0.15, 0.2) is 56.6 Å². The van der Waals surface area contributed by atoms with Crippen molar-refractivity contribution in [2.75, 3.05) is 5.75 Å². The molecule has 1 heterocycles. The first-order chi connectivity index (χ1) is 13.4. The molecule has 0 aliphatic carbocycles. The molecule has 3 rings (SSSR count). The molecular formula is C20H17NO6S. The van der Waals surface area contributed by atoms with Crippen molar-refractivity contribution >= 4 is 34.4 Å². The molecule has 0 spiro atoms. The molecule has 144 valence electrons. The summed E-state index contributed by atoms with van der Waals surface area (Å²) in [5, 5.41) is 11.5. The maximum Gasteiger partial charge on any atom is 0.336 e. The van der Waals surface area contributed by atoms with Gasteiger partial charge in [-0.05, 0) is 42.7 Å². The van der Waals surface area contributed by atoms with E-state index in [2.05, 4.69) is 0 Å². The van der Waals surface area contributed by atoms with Gasteiger partial charge in [-0.2, -0.15) is 0 Å². The summed E-state index contributed by atoms with van der Waals surface area (Å²) < 4.78 is 10.7. The van der Waals surface area contributed by atoms with Crippen molar-refractivity contribution in [2.45, 2.75) is 25.2 Å². The number of thioether (sulfide) groups is 1. The number of ether oxygens (including phenoxy) is 1. The summed E-state index contributed by atoms with van der Waals surface area (Å²) in [7, 11) is 0. The van der Waals surface area contributed by atoms with Gasteiger partial charge in [0.15, 0.2) is 0 Å². The number of nitro groups is 1. The minimum absolute atomic E-state index is 0.00698. The molecule has 3 aromatic rings. The van der Waals surface area contributed by atoms with Crippen LogP contribution in [-0.4, -0.2) is 16.6 Å². The maximum atomic E-state index is 12.3. The lowest BCUT2D eigenvalue weighted by molar-refractivity contribution is -0.384. The Labute approximate surface area is 164 Å². The number of nitro benzene ring substituents is 1. The second-order valence-corrected chi connectivity index (χ2v) is 7.12. The van der Waals surface area contributed by atoms with Crippen LogP contribution in [0.3, 0.4) is 0 Å². The highest BCUT2D eigenvalue weighted by Crippen LogP contribution is 2.28. The number of hydrogen-bond donors (Lipinski definition) is 0. The Morgan fingerprint density at radius 3 is 2.57 bits per heavy atom. The van der Waals surface area contributed by atoms with E-state index in [4.69, 9.17) is 9.15 Å². The quantitative estimate of drug-likeness (QED) is 0.152. The summed E-state index contributed by atoms with van der Waals surface area (Å²) in [5.41, 5.74) is 1.53. The molecule has 0 N–H and O–H groups in total. The summed E-state index contributed by atoms with van der Waals surface area (Å²) in [4.78, 5) is 34.8. The Hall–Kier alpha value is -3.13.